The molecule has 0 amide bonds. The van der Waals surface area contributed by atoms with Gasteiger partial charge in [-0.1, -0.05) is 11.6 Å². The molecule has 13 heavy (non-hydrogen) atoms. The zero-order valence-electron chi connectivity index (χ0n) is 6.33. The molecule has 0 fully saturated rings. The second-order valence-corrected chi connectivity index (χ2v) is 2.93. The molecule has 1 rings (SSSR count). The summed E-state index contributed by atoms with van der Waals surface area (Å²) in [5.74, 6) is -0.719. The first-order valence-electron chi connectivity index (χ1n) is 3.39. The SMILES string of the molecule is Fc1ccc(Cl)c(CC(F)(F)F)c1. The summed E-state index contributed by atoms with van der Waals surface area (Å²) >= 11 is 5.44. The molecular weight excluding hydrogens is 208 g/mol. The maximum atomic E-state index is 12.5. The molecule has 1 aromatic rings. The molecular formula is C8H5ClF4. The van der Waals surface area contributed by atoms with Crippen LogP contribution in [0.15, 0.2) is 18.2 Å². The molecule has 0 aliphatic heterocycles. The van der Waals surface area contributed by atoms with E-state index in [2.05, 4.69) is 0 Å². The fraction of sp³-hybridized carbons (Fsp3) is 0.250. The van der Waals surface area contributed by atoms with Crippen LogP contribution in [0.5, 0.6) is 0 Å². The Kier molecular flexibility index (Phi) is 2.81. The van der Waals surface area contributed by atoms with Crippen LogP contribution >= 0.6 is 11.6 Å². The first kappa shape index (κ1) is 10.3. The van der Waals surface area contributed by atoms with E-state index >= 15 is 0 Å². The minimum atomic E-state index is -4.36. The van der Waals surface area contributed by atoms with Crippen LogP contribution in [0.2, 0.25) is 5.02 Å². The first-order chi connectivity index (χ1) is 5.88. The van der Waals surface area contributed by atoms with Crippen molar-refractivity contribution >= 4 is 11.6 Å². The van der Waals surface area contributed by atoms with Crippen LogP contribution in [-0.2, 0) is 6.42 Å². The highest BCUT2D eigenvalue weighted by molar-refractivity contribution is 6.31. The minimum Gasteiger partial charge on any atom is -0.207 e. The molecule has 0 atom stereocenters. The normalized spacial score (nSPS) is 11.8. The van der Waals surface area contributed by atoms with Gasteiger partial charge < -0.3 is 0 Å². The van der Waals surface area contributed by atoms with Crippen molar-refractivity contribution in [3.05, 3.63) is 34.6 Å². The fourth-order valence-corrected chi connectivity index (χ4v) is 1.08. The fourth-order valence-electron chi connectivity index (χ4n) is 0.895. The molecule has 0 aromatic heterocycles. The van der Waals surface area contributed by atoms with Crippen LogP contribution in [0.1, 0.15) is 5.56 Å². The highest BCUT2D eigenvalue weighted by Gasteiger charge is 2.28. The van der Waals surface area contributed by atoms with Crippen molar-refractivity contribution in [2.75, 3.05) is 0 Å². The molecule has 0 saturated carbocycles. The van der Waals surface area contributed by atoms with Crippen LogP contribution in [0.4, 0.5) is 17.6 Å². The van der Waals surface area contributed by atoms with Crippen molar-refractivity contribution in [3.63, 3.8) is 0 Å². The molecule has 0 aliphatic carbocycles. The van der Waals surface area contributed by atoms with Crippen LogP contribution < -0.4 is 0 Å². The summed E-state index contributed by atoms with van der Waals surface area (Å²) < 4.78 is 48.1. The molecule has 0 saturated heterocycles. The lowest BCUT2D eigenvalue weighted by Crippen LogP contribution is -2.11. The van der Waals surface area contributed by atoms with Gasteiger partial charge in [0.25, 0.3) is 0 Å². The van der Waals surface area contributed by atoms with Gasteiger partial charge in [0.15, 0.2) is 0 Å². The van der Waals surface area contributed by atoms with Crippen molar-refractivity contribution in [2.45, 2.75) is 12.6 Å². The zero-order valence-corrected chi connectivity index (χ0v) is 7.08. The summed E-state index contributed by atoms with van der Waals surface area (Å²) in [4.78, 5) is 0. The quantitative estimate of drug-likeness (QED) is 0.624. The van der Waals surface area contributed by atoms with E-state index in [-0.39, 0.29) is 10.6 Å². The second-order valence-electron chi connectivity index (χ2n) is 2.53. The van der Waals surface area contributed by atoms with Gasteiger partial charge in [0.1, 0.15) is 5.82 Å². The molecule has 72 valence electrons. The monoisotopic (exact) mass is 212 g/mol. The Hall–Kier alpha value is -0.770. The third-order valence-corrected chi connectivity index (χ3v) is 1.77. The highest BCUT2D eigenvalue weighted by Crippen LogP contribution is 2.26. The number of hydrogen-bond acceptors (Lipinski definition) is 0. The average Bonchev–Trinajstić information content (AvgIpc) is 1.94. The van der Waals surface area contributed by atoms with Crippen molar-refractivity contribution in [1.29, 1.82) is 0 Å². The van der Waals surface area contributed by atoms with E-state index < -0.39 is 18.4 Å². The number of alkyl halides is 3. The predicted molar refractivity (Wildman–Crippen MR) is 41.2 cm³/mol. The topological polar surface area (TPSA) is 0 Å². The lowest BCUT2D eigenvalue weighted by molar-refractivity contribution is -0.127. The Morgan fingerprint density at radius 1 is 1.23 bits per heavy atom. The van der Waals surface area contributed by atoms with Crippen LogP contribution in [-0.4, -0.2) is 6.18 Å². The number of rotatable bonds is 1. The van der Waals surface area contributed by atoms with Crippen LogP contribution in [0.3, 0.4) is 0 Å². The molecule has 0 N–H and O–H groups in total. The number of hydrogen-bond donors (Lipinski definition) is 0. The van der Waals surface area contributed by atoms with E-state index in [1.54, 1.807) is 0 Å². The summed E-state index contributed by atoms with van der Waals surface area (Å²) in [6, 6.07) is 2.91. The Morgan fingerprint density at radius 3 is 2.38 bits per heavy atom. The van der Waals surface area contributed by atoms with E-state index in [0.29, 0.717) is 0 Å². The smallest absolute Gasteiger partial charge is 0.207 e. The van der Waals surface area contributed by atoms with E-state index in [9.17, 15) is 17.6 Å². The Morgan fingerprint density at radius 2 is 1.85 bits per heavy atom. The number of benzene rings is 1. The zero-order chi connectivity index (χ0) is 10.1. The maximum absolute atomic E-state index is 12.5. The maximum Gasteiger partial charge on any atom is 0.393 e. The molecule has 5 heteroatoms. The second kappa shape index (κ2) is 3.54. The molecule has 0 unspecified atom stereocenters. The van der Waals surface area contributed by atoms with Gasteiger partial charge in [0.2, 0.25) is 0 Å². The Labute approximate surface area is 77.1 Å². The molecule has 0 radical (unpaired) electrons. The van der Waals surface area contributed by atoms with Gasteiger partial charge in [-0.3, -0.25) is 0 Å². The molecule has 0 bridgehead atoms. The van der Waals surface area contributed by atoms with Crippen molar-refractivity contribution in [2.24, 2.45) is 0 Å². The third kappa shape index (κ3) is 3.22. The lowest BCUT2D eigenvalue weighted by atomic mass is 10.1. The summed E-state index contributed by atoms with van der Waals surface area (Å²) in [6.07, 6.45) is -5.57. The molecule has 0 nitrogen and oxygen atoms in total. The largest absolute Gasteiger partial charge is 0.393 e. The summed E-state index contributed by atoms with van der Waals surface area (Å²) in [5.41, 5.74) is -0.242. The van der Waals surface area contributed by atoms with Crippen LogP contribution in [0.25, 0.3) is 0 Å². The molecule has 0 aliphatic rings. The van der Waals surface area contributed by atoms with E-state index in [0.717, 1.165) is 18.2 Å². The standard InChI is InChI=1S/C8H5ClF4/c9-7-2-1-6(10)3-5(7)4-8(11,12)13/h1-3H,4H2. The van der Waals surface area contributed by atoms with Gasteiger partial charge >= 0.3 is 6.18 Å². The first-order valence-corrected chi connectivity index (χ1v) is 3.77. The van der Waals surface area contributed by atoms with Gasteiger partial charge in [0.05, 0.1) is 6.42 Å². The summed E-state index contributed by atoms with van der Waals surface area (Å²) in [7, 11) is 0. The average molecular weight is 213 g/mol. The van der Waals surface area contributed by atoms with Gasteiger partial charge in [0, 0.05) is 5.02 Å². The summed E-state index contributed by atoms with van der Waals surface area (Å²) in [6.45, 7) is 0. The van der Waals surface area contributed by atoms with Crippen molar-refractivity contribution in [3.8, 4) is 0 Å². The molecule has 1 aromatic carbocycles. The van der Waals surface area contributed by atoms with E-state index in [1.807, 2.05) is 0 Å². The highest BCUT2D eigenvalue weighted by atomic mass is 35.5. The summed E-state index contributed by atoms with van der Waals surface area (Å²) in [5, 5.41) is -0.0706. The van der Waals surface area contributed by atoms with Crippen molar-refractivity contribution in [1.82, 2.24) is 0 Å². The van der Waals surface area contributed by atoms with Gasteiger partial charge in [-0.05, 0) is 23.8 Å². The third-order valence-electron chi connectivity index (χ3n) is 1.40. The van der Waals surface area contributed by atoms with Crippen molar-refractivity contribution < 1.29 is 17.6 Å². The molecule has 0 heterocycles. The lowest BCUT2D eigenvalue weighted by Gasteiger charge is -2.07. The van der Waals surface area contributed by atoms with Gasteiger partial charge in [-0.2, -0.15) is 13.2 Å². The van der Waals surface area contributed by atoms with Gasteiger partial charge in [-0.15, -0.1) is 0 Å². The Bertz CT molecular complexity index is 306. The van der Waals surface area contributed by atoms with Crippen LogP contribution in [0, 0.1) is 5.82 Å². The minimum absolute atomic E-state index is 0.0706. The van der Waals surface area contributed by atoms with E-state index in [1.165, 1.54) is 0 Å². The molecule has 0 spiro atoms. The predicted octanol–water partition coefficient (Wildman–Crippen LogP) is 3.58. The Balaban J connectivity index is 2.94. The number of halogens is 5. The van der Waals surface area contributed by atoms with Gasteiger partial charge in [-0.25, -0.2) is 4.39 Å². The van der Waals surface area contributed by atoms with E-state index in [4.69, 9.17) is 11.6 Å².